The van der Waals surface area contributed by atoms with Crippen molar-refractivity contribution in [1.29, 1.82) is 0 Å². The monoisotopic (exact) mass is 349 g/mol. The first-order valence-electron chi connectivity index (χ1n) is 6.79. The molecule has 0 saturated carbocycles. The van der Waals surface area contributed by atoms with Gasteiger partial charge in [0.2, 0.25) is 10.0 Å². The minimum atomic E-state index is -3.61. The van der Waals surface area contributed by atoms with E-state index in [1.165, 1.54) is 35.9 Å². The molecule has 1 aromatic rings. The van der Waals surface area contributed by atoms with Crippen molar-refractivity contribution in [3.63, 3.8) is 0 Å². The van der Waals surface area contributed by atoms with Crippen molar-refractivity contribution in [3.05, 3.63) is 11.4 Å². The highest BCUT2D eigenvalue weighted by molar-refractivity contribution is 7.89. The van der Waals surface area contributed by atoms with Gasteiger partial charge < -0.3 is 14.6 Å². The molecule has 1 unspecified atom stereocenters. The molecule has 1 aromatic heterocycles. The second-order valence-electron chi connectivity index (χ2n) is 5.01. The molecule has 1 aliphatic rings. The third kappa shape index (κ3) is 3.27. The highest BCUT2D eigenvalue weighted by Crippen LogP contribution is 2.34. The third-order valence-corrected chi connectivity index (χ3v) is 6.75. The molecule has 22 heavy (non-hydrogen) atoms. The number of hydrogen-bond donors (Lipinski definition) is 1. The summed E-state index contributed by atoms with van der Waals surface area (Å²) in [4.78, 5) is 11.3. The molecule has 1 aliphatic heterocycles. The summed E-state index contributed by atoms with van der Waals surface area (Å²) in [6.07, 6.45) is 0.0213. The molecular formula is C13H19NO6S2. The van der Waals surface area contributed by atoms with Crippen LogP contribution < -0.4 is 4.74 Å². The number of carboxylic acid groups (broad SMARTS) is 1. The van der Waals surface area contributed by atoms with E-state index in [1.807, 2.05) is 0 Å². The van der Waals surface area contributed by atoms with Crippen LogP contribution in [-0.4, -0.2) is 57.2 Å². The molecular weight excluding hydrogens is 330 g/mol. The van der Waals surface area contributed by atoms with Crippen LogP contribution in [0, 0.1) is 5.92 Å². The Morgan fingerprint density at radius 3 is 2.55 bits per heavy atom. The number of hydrogen-bond acceptors (Lipinski definition) is 6. The van der Waals surface area contributed by atoms with Gasteiger partial charge in [0.05, 0.1) is 7.11 Å². The zero-order valence-electron chi connectivity index (χ0n) is 12.4. The first-order chi connectivity index (χ1) is 10.4. The van der Waals surface area contributed by atoms with E-state index >= 15 is 0 Å². The smallest absolute Gasteiger partial charge is 0.333 e. The number of sulfonamides is 1. The predicted octanol–water partition coefficient (Wildman–Crippen LogP) is 1.26. The first kappa shape index (κ1) is 17.2. The molecule has 2 heterocycles. The fourth-order valence-electron chi connectivity index (χ4n) is 2.68. The summed E-state index contributed by atoms with van der Waals surface area (Å²) in [7, 11) is -0.810. The maximum atomic E-state index is 12.6. The molecule has 9 heteroatoms. The van der Waals surface area contributed by atoms with Crippen molar-refractivity contribution < 1.29 is 27.8 Å². The summed E-state index contributed by atoms with van der Waals surface area (Å²) < 4.78 is 36.7. The second kappa shape index (κ2) is 6.95. The summed E-state index contributed by atoms with van der Waals surface area (Å²) in [5.41, 5.74) is 0. The molecule has 0 bridgehead atoms. The van der Waals surface area contributed by atoms with Crippen molar-refractivity contribution in [2.45, 2.75) is 23.8 Å². The normalized spacial score (nSPS) is 19.0. The van der Waals surface area contributed by atoms with E-state index in [4.69, 9.17) is 14.6 Å². The van der Waals surface area contributed by atoms with Crippen LogP contribution in [0.2, 0.25) is 0 Å². The standard InChI is InChI=1S/C13H19NO6S2/c1-19-11(12(15)16)9-3-6-14(7-4-9)22(17,18)10-5-8-21-13(10)20-2/h5,8-9,11H,3-4,6-7H2,1-2H3,(H,15,16). The Balaban J connectivity index is 2.09. The molecule has 0 spiro atoms. The Morgan fingerprint density at radius 2 is 2.05 bits per heavy atom. The van der Waals surface area contributed by atoms with Gasteiger partial charge in [-0.15, -0.1) is 11.3 Å². The Bertz CT molecular complexity index is 618. The van der Waals surface area contributed by atoms with Gasteiger partial charge in [0.1, 0.15) is 4.90 Å². The van der Waals surface area contributed by atoms with Gasteiger partial charge in [-0.2, -0.15) is 4.31 Å². The number of carbonyl (C=O) groups is 1. The molecule has 7 nitrogen and oxygen atoms in total. The fraction of sp³-hybridized carbons (Fsp3) is 0.615. The van der Waals surface area contributed by atoms with Crippen molar-refractivity contribution in [2.24, 2.45) is 5.92 Å². The summed E-state index contributed by atoms with van der Waals surface area (Å²) in [5.74, 6) is -1.19. The van der Waals surface area contributed by atoms with E-state index < -0.39 is 22.1 Å². The molecule has 1 saturated heterocycles. The quantitative estimate of drug-likeness (QED) is 0.831. The number of thiophene rings is 1. The van der Waals surface area contributed by atoms with Crippen LogP contribution in [0.15, 0.2) is 16.3 Å². The lowest BCUT2D eigenvalue weighted by Crippen LogP contribution is -2.43. The molecule has 2 rings (SSSR count). The van der Waals surface area contributed by atoms with E-state index in [0.29, 0.717) is 17.9 Å². The zero-order valence-corrected chi connectivity index (χ0v) is 14.0. The Labute approximate surface area is 133 Å². The van der Waals surface area contributed by atoms with Crippen LogP contribution in [0.25, 0.3) is 0 Å². The van der Waals surface area contributed by atoms with Crippen LogP contribution in [0.5, 0.6) is 5.06 Å². The largest absolute Gasteiger partial charge is 0.486 e. The maximum Gasteiger partial charge on any atom is 0.333 e. The number of methoxy groups -OCH3 is 2. The number of nitrogens with zero attached hydrogens (tertiary/aromatic N) is 1. The van der Waals surface area contributed by atoms with Crippen LogP contribution in [0.1, 0.15) is 12.8 Å². The molecule has 1 fully saturated rings. The molecule has 0 aromatic carbocycles. The molecule has 1 atom stereocenters. The van der Waals surface area contributed by atoms with Crippen molar-refractivity contribution in [2.75, 3.05) is 27.3 Å². The molecule has 1 N–H and O–H groups in total. The summed E-state index contributed by atoms with van der Waals surface area (Å²) >= 11 is 1.23. The lowest BCUT2D eigenvalue weighted by atomic mass is 9.92. The SMILES string of the molecule is COc1sccc1S(=O)(=O)N1CCC(C(OC)C(=O)O)CC1. The zero-order chi connectivity index (χ0) is 16.3. The minimum Gasteiger partial charge on any atom is -0.486 e. The van der Waals surface area contributed by atoms with Gasteiger partial charge in [-0.3, -0.25) is 0 Å². The van der Waals surface area contributed by atoms with Crippen LogP contribution in [-0.2, 0) is 19.6 Å². The van der Waals surface area contributed by atoms with E-state index in [-0.39, 0.29) is 23.9 Å². The predicted molar refractivity (Wildman–Crippen MR) is 80.8 cm³/mol. The van der Waals surface area contributed by atoms with E-state index in [2.05, 4.69) is 0 Å². The summed E-state index contributed by atoms with van der Waals surface area (Å²) in [6.45, 7) is 0.554. The third-order valence-electron chi connectivity index (χ3n) is 3.82. The molecule has 124 valence electrons. The summed E-state index contributed by atoms with van der Waals surface area (Å²) in [6, 6.07) is 1.53. The van der Waals surface area contributed by atoms with Gasteiger partial charge >= 0.3 is 5.97 Å². The number of rotatable bonds is 6. The lowest BCUT2D eigenvalue weighted by molar-refractivity contribution is -0.152. The van der Waals surface area contributed by atoms with Crippen molar-refractivity contribution >= 4 is 27.3 Å². The van der Waals surface area contributed by atoms with Crippen LogP contribution in [0.4, 0.5) is 0 Å². The lowest BCUT2D eigenvalue weighted by Gasteiger charge is -2.33. The number of aliphatic carboxylic acids is 1. The van der Waals surface area contributed by atoms with E-state index in [0.717, 1.165) is 0 Å². The minimum absolute atomic E-state index is 0.167. The van der Waals surface area contributed by atoms with Gasteiger partial charge in [0.25, 0.3) is 0 Å². The average Bonchev–Trinajstić information content (AvgIpc) is 2.97. The van der Waals surface area contributed by atoms with E-state index in [1.54, 1.807) is 5.38 Å². The number of piperidine rings is 1. The van der Waals surface area contributed by atoms with E-state index in [9.17, 15) is 13.2 Å². The number of ether oxygens (including phenoxy) is 2. The molecule has 0 radical (unpaired) electrons. The Kier molecular flexibility index (Phi) is 5.43. The molecule has 0 amide bonds. The average molecular weight is 349 g/mol. The van der Waals surface area contributed by atoms with Crippen molar-refractivity contribution in [1.82, 2.24) is 4.31 Å². The maximum absolute atomic E-state index is 12.6. The Morgan fingerprint density at radius 1 is 1.41 bits per heavy atom. The van der Waals surface area contributed by atoms with Gasteiger partial charge in [-0.1, -0.05) is 0 Å². The second-order valence-corrected chi connectivity index (χ2v) is 7.80. The van der Waals surface area contributed by atoms with Gasteiger partial charge in [0, 0.05) is 20.2 Å². The molecule has 0 aliphatic carbocycles. The summed E-state index contributed by atoms with van der Waals surface area (Å²) in [5, 5.41) is 11.1. The topological polar surface area (TPSA) is 93.1 Å². The van der Waals surface area contributed by atoms with Gasteiger partial charge in [-0.05, 0) is 30.2 Å². The van der Waals surface area contributed by atoms with Gasteiger partial charge in [-0.25, -0.2) is 13.2 Å². The van der Waals surface area contributed by atoms with Crippen LogP contribution >= 0.6 is 11.3 Å². The first-order valence-corrected chi connectivity index (χ1v) is 9.11. The van der Waals surface area contributed by atoms with Gasteiger partial charge in [0.15, 0.2) is 11.2 Å². The number of carboxylic acids is 1. The van der Waals surface area contributed by atoms with Crippen molar-refractivity contribution in [3.8, 4) is 5.06 Å². The fourth-order valence-corrected chi connectivity index (χ4v) is 5.33. The van der Waals surface area contributed by atoms with Crippen LogP contribution in [0.3, 0.4) is 0 Å². The highest BCUT2D eigenvalue weighted by Gasteiger charge is 2.36. The highest BCUT2D eigenvalue weighted by atomic mass is 32.2. The Hall–Kier alpha value is -1.16.